The van der Waals surface area contributed by atoms with Gasteiger partial charge in [0.15, 0.2) is 0 Å². The summed E-state index contributed by atoms with van der Waals surface area (Å²) in [6.07, 6.45) is 6.52. The van der Waals surface area contributed by atoms with Crippen molar-refractivity contribution in [1.82, 2.24) is 14.7 Å². The summed E-state index contributed by atoms with van der Waals surface area (Å²) in [6.45, 7) is 1.63. The molecule has 0 spiro atoms. The molecule has 1 aliphatic heterocycles. The minimum Gasteiger partial charge on any atom is -0.343 e. The average Bonchev–Trinajstić information content (AvgIpc) is 2.78. The standard InChI is InChI=1S/C17H20ClN3O2/c18-14-6-5-13-12-19-21(15(13)11-14)17(23)8-7-16(22)20-9-3-1-2-4-10-20/h5-6,11-12H,1-4,7-10H2. The molecule has 2 aromatic rings. The second-order valence-electron chi connectivity index (χ2n) is 5.95. The number of carbonyl (C=O) groups excluding carboxylic acids is 2. The van der Waals surface area contributed by atoms with E-state index in [0.29, 0.717) is 10.5 Å². The molecule has 0 unspecified atom stereocenters. The van der Waals surface area contributed by atoms with Crippen molar-refractivity contribution in [2.75, 3.05) is 13.1 Å². The van der Waals surface area contributed by atoms with Crippen LogP contribution in [0.5, 0.6) is 0 Å². The lowest BCUT2D eigenvalue weighted by atomic mass is 10.2. The van der Waals surface area contributed by atoms with E-state index in [1.807, 2.05) is 11.0 Å². The van der Waals surface area contributed by atoms with Crippen molar-refractivity contribution < 1.29 is 9.59 Å². The summed E-state index contributed by atoms with van der Waals surface area (Å²) in [4.78, 5) is 26.5. The molecular weight excluding hydrogens is 314 g/mol. The van der Waals surface area contributed by atoms with Crippen molar-refractivity contribution in [2.45, 2.75) is 38.5 Å². The van der Waals surface area contributed by atoms with Gasteiger partial charge in [0.25, 0.3) is 0 Å². The molecule has 23 heavy (non-hydrogen) atoms. The Morgan fingerprint density at radius 1 is 1.04 bits per heavy atom. The molecular formula is C17H20ClN3O2. The van der Waals surface area contributed by atoms with E-state index in [9.17, 15) is 9.59 Å². The van der Waals surface area contributed by atoms with Gasteiger partial charge in [0.2, 0.25) is 11.8 Å². The fourth-order valence-corrected chi connectivity index (χ4v) is 3.15. The van der Waals surface area contributed by atoms with Gasteiger partial charge in [-0.1, -0.05) is 24.4 Å². The molecule has 1 aromatic carbocycles. The minimum absolute atomic E-state index is 0.0646. The van der Waals surface area contributed by atoms with Crippen molar-refractivity contribution in [2.24, 2.45) is 0 Å². The normalized spacial score (nSPS) is 15.6. The SMILES string of the molecule is O=C(CCC(=O)n1ncc2ccc(Cl)cc21)N1CCCCCC1. The molecule has 1 fully saturated rings. The van der Waals surface area contributed by atoms with Crippen LogP contribution in [0.2, 0.25) is 5.02 Å². The Hall–Kier alpha value is -1.88. The molecule has 2 heterocycles. The molecule has 1 saturated heterocycles. The molecule has 0 N–H and O–H groups in total. The van der Waals surface area contributed by atoms with E-state index in [4.69, 9.17) is 11.6 Å². The number of nitrogens with zero attached hydrogens (tertiary/aromatic N) is 3. The average molecular weight is 334 g/mol. The highest BCUT2D eigenvalue weighted by atomic mass is 35.5. The highest BCUT2D eigenvalue weighted by molar-refractivity contribution is 6.31. The number of carbonyl (C=O) groups is 2. The van der Waals surface area contributed by atoms with Crippen LogP contribution in [0.4, 0.5) is 0 Å². The van der Waals surface area contributed by atoms with Crippen molar-refractivity contribution in [3.05, 3.63) is 29.4 Å². The van der Waals surface area contributed by atoms with Gasteiger partial charge in [-0.25, -0.2) is 4.68 Å². The Labute approximate surface area is 140 Å². The maximum Gasteiger partial charge on any atom is 0.247 e. The third-order valence-corrected chi connectivity index (χ3v) is 4.52. The summed E-state index contributed by atoms with van der Waals surface area (Å²) in [7, 11) is 0. The van der Waals surface area contributed by atoms with E-state index in [0.717, 1.165) is 31.3 Å². The van der Waals surface area contributed by atoms with E-state index in [1.165, 1.54) is 17.5 Å². The zero-order chi connectivity index (χ0) is 16.2. The van der Waals surface area contributed by atoms with E-state index in [1.54, 1.807) is 18.3 Å². The molecule has 0 radical (unpaired) electrons. The van der Waals surface area contributed by atoms with E-state index in [-0.39, 0.29) is 24.7 Å². The van der Waals surface area contributed by atoms with E-state index in [2.05, 4.69) is 5.10 Å². The van der Waals surface area contributed by atoms with Gasteiger partial charge in [0.1, 0.15) is 0 Å². The van der Waals surface area contributed by atoms with Crippen LogP contribution >= 0.6 is 11.6 Å². The third-order valence-electron chi connectivity index (χ3n) is 4.28. The van der Waals surface area contributed by atoms with Crippen LogP contribution in [0.25, 0.3) is 10.9 Å². The molecule has 1 amide bonds. The number of rotatable bonds is 3. The number of aromatic nitrogens is 2. The smallest absolute Gasteiger partial charge is 0.247 e. The highest BCUT2D eigenvalue weighted by Gasteiger charge is 2.18. The lowest BCUT2D eigenvalue weighted by Crippen LogP contribution is -2.32. The van der Waals surface area contributed by atoms with Gasteiger partial charge in [0.05, 0.1) is 11.7 Å². The largest absolute Gasteiger partial charge is 0.343 e. The number of hydrogen-bond donors (Lipinski definition) is 0. The molecule has 0 bridgehead atoms. The van der Waals surface area contributed by atoms with Crippen LogP contribution < -0.4 is 0 Å². The quantitative estimate of drug-likeness (QED) is 0.863. The first kappa shape index (κ1) is 16.0. The minimum atomic E-state index is -0.176. The monoisotopic (exact) mass is 333 g/mol. The summed E-state index contributed by atoms with van der Waals surface area (Å²) in [5.74, 6) is -0.111. The van der Waals surface area contributed by atoms with Crippen LogP contribution in [0.3, 0.4) is 0 Å². The van der Waals surface area contributed by atoms with Crippen molar-refractivity contribution in [3.8, 4) is 0 Å². The Bertz CT molecular complexity index is 718. The maximum absolute atomic E-state index is 12.4. The lowest BCUT2D eigenvalue weighted by molar-refractivity contribution is -0.131. The van der Waals surface area contributed by atoms with Crippen LogP contribution in [-0.4, -0.2) is 39.6 Å². The van der Waals surface area contributed by atoms with Gasteiger partial charge in [0, 0.05) is 36.3 Å². The highest BCUT2D eigenvalue weighted by Crippen LogP contribution is 2.19. The molecule has 122 valence electrons. The molecule has 3 rings (SSSR count). The second-order valence-corrected chi connectivity index (χ2v) is 6.38. The molecule has 1 aromatic heterocycles. The Morgan fingerprint density at radius 3 is 2.48 bits per heavy atom. The van der Waals surface area contributed by atoms with Crippen LogP contribution in [0.15, 0.2) is 24.4 Å². The first-order valence-corrected chi connectivity index (χ1v) is 8.47. The molecule has 0 saturated carbocycles. The van der Waals surface area contributed by atoms with Gasteiger partial charge in [-0.15, -0.1) is 0 Å². The van der Waals surface area contributed by atoms with Crippen molar-refractivity contribution in [1.29, 1.82) is 0 Å². The Balaban J connectivity index is 1.64. The number of halogens is 1. The molecule has 5 nitrogen and oxygen atoms in total. The zero-order valence-corrected chi connectivity index (χ0v) is 13.8. The summed E-state index contributed by atoms with van der Waals surface area (Å²) in [6, 6.07) is 5.32. The zero-order valence-electron chi connectivity index (χ0n) is 13.0. The first-order chi connectivity index (χ1) is 11.1. The Morgan fingerprint density at radius 2 is 1.74 bits per heavy atom. The van der Waals surface area contributed by atoms with Crippen LogP contribution in [-0.2, 0) is 4.79 Å². The summed E-state index contributed by atoms with van der Waals surface area (Å²) >= 11 is 5.98. The second kappa shape index (κ2) is 7.13. The number of hydrogen-bond acceptors (Lipinski definition) is 3. The molecule has 0 aliphatic carbocycles. The Kier molecular flexibility index (Phi) is 4.96. The fraction of sp³-hybridized carbons (Fsp3) is 0.471. The van der Waals surface area contributed by atoms with E-state index < -0.39 is 0 Å². The van der Waals surface area contributed by atoms with Gasteiger partial charge >= 0.3 is 0 Å². The molecule has 1 aliphatic rings. The number of benzene rings is 1. The lowest BCUT2D eigenvalue weighted by Gasteiger charge is -2.19. The summed E-state index contributed by atoms with van der Waals surface area (Å²) < 4.78 is 1.34. The fourth-order valence-electron chi connectivity index (χ4n) is 2.99. The maximum atomic E-state index is 12.4. The first-order valence-electron chi connectivity index (χ1n) is 8.09. The van der Waals surface area contributed by atoms with Gasteiger partial charge in [-0.3, -0.25) is 9.59 Å². The van der Waals surface area contributed by atoms with Crippen LogP contribution in [0, 0.1) is 0 Å². The van der Waals surface area contributed by atoms with Gasteiger partial charge in [-0.2, -0.15) is 5.10 Å². The van der Waals surface area contributed by atoms with E-state index >= 15 is 0 Å². The summed E-state index contributed by atoms with van der Waals surface area (Å²) in [5.41, 5.74) is 0.685. The van der Waals surface area contributed by atoms with Crippen LogP contribution in [0.1, 0.15) is 43.3 Å². The van der Waals surface area contributed by atoms with Crippen molar-refractivity contribution >= 4 is 34.3 Å². The van der Waals surface area contributed by atoms with Crippen molar-refractivity contribution in [3.63, 3.8) is 0 Å². The number of likely N-dealkylation sites (tertiary alicyclic amines) is 1. The number of fused-ring (bicyclic) bond motifs is 1. The van der Waals surface area contributed by atoms with Gasteiger partial charge < -0.3 is 4.90 Å². The predicted molar refractivity (Wildman–Crippen MR) is 89.7 cm³/mol. The summed E-state index contributed by atoms with van der Waals surface area (Å²) in [5, 5.41) is 5.55. The molecule has 6 heteroatoms. The predicted octanol–water partition coefficient (Wildman–Crippen LogP) is 3.51. The topological polar surface area (TPSA) is 55.2 Å². The van der Waals surface area contributed by atoms with Gasteiger partial charge in [-0.05, 0) is 31.0 Å². The molecule has 0 atom stereocenters. The number of amides is 1. The third kappa shape index (κ3) is 3.72.